The minimum Gasteiger partial charge on any atom is -0.503 e. The highest BCUT2D eigenvalue weighted by atomic mass is 19.2. The number of benzene rings is 1. The topological polar surface area (TPSA) is 60.8 Å². The minimum atomic E-state index is -1.73. The largest absolute Gasteiger partial charge is 0.503 e. The molecule has 1 aromatic rings. The van der Waals surface area contributed by atoms with Gasteiger partial charge in [-0.3, -0.25) is 4.79 Å². The van der Waals surface area contributed by atoms with E-state index in [-0.39, 0.29) is 26.1 Å². The van der Waals surface area contributed by atoms with Crippen molar-refractivity contribution in [3.05, 3.63) is 29.1 Å². The van der Waals surface area contributed by atoms with Crippen molar-refractivity contribution >= 4 is 5.91 Å². The number of phenolic OH excluding ortho intramolecular Hbond substituents is 1. The maximum absolute atomic E-state index is 13.6. The van der Waals surface area contributed by atoms with E-state index < -0.39 is 34.7 Å². The summed E-state index contributed by atoms with van der Waals surface area (Å²) in [6, 6.07) is 0.411. The SMILES string of the molecule is CCN(CCCO)C(=O)c1cc(F)c(F)c(O)c1F. The minimum absolute atomic E-state index is 0.144. The highest BCUT2D eigenvalue weighted by Gasteiger charge is 2.25. The van der Waals surface area contributed by atoms with Crippen LogP contribution in [-0.4, -0.2) is 40.7 Å². The number of halogens is 3. The molecule has 0 aliphatic carbocycles. The van der Waals surface area contributed by atoms with E-state index in [9.17, 15) is 18.0 Å². The van der Waals surface area contributed by atoms with E-state index in [1.54, 1.807) is 6.92 Å². The van der Waals surface area contributed by atoms with Crippen LogP contribution < -0.4 is 0 Å². The van der Waals surface area contributed by atoms with Crippen LogP contribution in [0.15, 0.2) is 6.07 Å². The van der Waals surface area contributed by atoms with Gasteiger partial charge in [-0.05, 0) is 19.4 Å². The van der Waals surface area contributed by atoms with E-state index in [0.717, 1.165) is 4.90 Å². The number of carbonyl (C=O) groups excluding carboxylic acids is 1. The standard InChI is InChI=1S/C12H14F3NO3/c1-2-16(4-3-5-17)12(19)7-6-8(13)10(15)11(18)9(7)14/h6,17-18H,2-5H2,1H3. The molecule has 0 saturated heterocycles. The van der Waals surface area contributed by atoms with E-state index in [0.29, 0.717) is 6.07 Å². The van der Waals surface area contributed by atoms with Gasteiger partial charge in [0.25, 0.3) is 5.91 Å². The molecule has 0 spiro atoms. The quantitative estimate of drug-likeness (QED) is 0.805. The number of amides is 1. The number of aliphatic hydroxyl groups is 1. The molecule has 0 saturated carbocycles. The maximum atomic E-state index is 13.6. The predicted octanol–water partition coefficient (Wildman–Crippen LogP) is 1.65. The zero-order valence-electron chi connectivity index (χ0n) is 10.3. The van der Waals surface area contributed by atoms with Crippen LogP contribution in [0.25, 0.3) is 0 Å². The number of hydrogen-bond acceptors (Lipinski definition) is 3. The second-order valence-electron chi connectivity index (χ2n) is 3.84. The first kappa shape index (κ1) is 15.3. The molecule has 2 N–H and O–H groups in total. The van der Waals surface area contributed by atoms with Gasteiger partial charge in [-0.25, -0.2) is 8.78 Å². The van der Waals surface area contributed by atoms with Crippen molar-refractivity contribution in [2.24, 2.45) is 0 Å². The summed E-state index contributed by atoms with van der Waals surface area (Å²) in [6.07, 6.45) is 0.275. The van der Waals surface area contributed by atoms with Crippen molar-refractivity contribution in [2.75, 3.05) is 19.7 Å². The van der Waals surface area contributed by atoms with Crippen molar-refractivity contribution in [3.63, 3.8) is 0 Å². The van der Waals surface area contributed by atoms with Crippen LogP contribution in [0.3, 0.4) is 0 Å². The van der Waals surface area contributed by atoms with Crippen LogP contribution in [0.1, 0.15) is 23.7 Å². The number of aromatic hydroxyl groups is 1. The van der Waals surface area contributed by atoms with Gasteiger partial charge in [-0.1, -0.05) is 0 Å². The lowest BCUT2D eigenvalue weighted by molar-refractivity contribution is 0.0747. The molecular formula is C12H14F3NO3. The zero-order chi connectivity index (χ0) is 14.6. The van der Waals surface area contributed by atoms with Crippen LogP contribution in [0.5, 0.6) is 5.75 Å². The zero-order valence-corrected chi connectivity index (χ0v) is 10.3. The summed E-state index contributed by atoms with van der Waals surface area (Å²) < 4.78 is 39.5. The number of carbonyl (C=O) groups is 1. The maximum Gasteiger partial charge on any atom is 0.257 e. The molecule has 7 heteroatoms. The van der Waals surface area contributed by atoms with E-state index in [1.807, 2.05) is 0 Å². The van der Waals surface area contributed by atoms with Gasteiger partial charge in [0.2, 0.25) is 5.82 Å². The third-order valence-corrected chi connectivity index (χ3v) is 2.62. The smallest absolute Gasteiger partial charge is 0.257 e. The van der Waals surface area contributed by atoms with Gasteiger partial charge in [0.15, 0.2) is 17.4 Å². The number of nitrogens with zero attached hydrogens (tertiary/aromatic N) is 1. The summed E-state index contributed by atoms with van der Waals surface area (Å²) in [5, 5.41) is 17.7. The molecule has 106 valence electrons. The van der Waals surface area contributed by atoms with E-state index in [4.69, 9.17) is 10.2 Å². The van der Waals surface area contributed by atoms with Crippen LogP contribution >= 0.6 is 0 Å². The molecule has 0 aliphatic rings. The van der Waals surface area contributed by atoms with Crippen molar-refractivity contribution in [1.29, 1.82) is 0 Å². The second-order valence-corrected chi connectivity index (χ2v) is 3.84. The molecular weight excluding hydrogens is 263 g/mol. The van der Waals surface area contributed by atoms with Crippen LogP contribution in [0, 0.1) is 17.5 Å². The Labute approximate surface area is 108 Å². The molecule has 0 atom stereocenters. The Morgan fingerprint density at radius 3 is 2.47 bits per heavy atom. The fraction of sp³-hybridized carbons (Fsp3) is 0.417. The summed E-state index contributed by atoms with van der Waals surface area (Å²) in [4.78, 5) is 13.1. The Kier molecular flexibility index (Phi) is 5.17. The predicted molar refractivity (Wildman–Crippen MR) is 61.3 cm³/mol. The average molecular weight is 277 g/mol. The van der Waals surface area contributed by atoms with E-state index in [1.165, 1.54) is 0 Å². The molecule has 19 heavy (non-hydrogen) atoms. The van der Waals surface area contributed by atoms with Gasteiger partial charge in [0, 0.05) is 19.7 Å². The van der Waals surface area contributed by atoms with Gasteiger partial charge in [0.1, 0.15) is 0 Å². The number of phenols is 1. The molecule has 1 rings (SSSR count). The van der Waals surface area contributed by atoms with E-state index >= 15 is 0 Å². The lowest BCUT2D eigenvalue weighted by Gasteiger charge is -2.21. The lowest BCUT2D eigenvalue weighted by atomic mass is 10.1. The summed E-state index contributed by atoms with van der Waals surface area (Å²) >= 11 is 0. The first-order chi connectivity index (χ1) is 8.93. The average Bonchev–Trinajstić information content (AvgIpc) is 2.41. The molecule has 0 unspecified atom stereocenters. The summed E-state index contributed by atoms with van der Waals surface area (Å²) in [7, 11) is 0. The second kappa shape index (κ2) is 6.42. The number of aliphatic hydroxyl groups excluding tert-OH is 1. The first-order valence-electron chi connectivity index (χ1n) is 5.70. The molecule has 0 fully saturated rings. The van der Waals surface area contributed by atoms with Crippen molar-refractivity contribution in [1.82, 2.24) is 4.90 Å². The Morgan fingerprint density at radius 2 is 1.95 bits per heavy atom. The summed E-state index contributed by atoms with van der Waals surface area (Å²) in [5.74, 6) is -7.11. The number of hydrogen-bond donors (Lipinski definition) is 2. The Balaban J connectivity index is 3.11. The van der Waals surface area contributed by atoms with Crippen molar-refractivity contribution in [3.8, 4) is 5.75 Å². The van der Waals surface area contributed by atoms with Gasteiger partial charge in [0.05, 0.1) is 5.56 Å². The molecule has 0 aliphatic heterocycles. The molecule has 0 aromatic heterocycles. The Bertz CT molecular complexity index is 480. The van der Waals surface area contributed by atoms with Crippen molar-refractivity contribution in [2.45, 2.75) is 13.3 Å². The summed E-state index contributed by atoms with van der Waals surface area (Å²) in [5.41, 5.74) is -0.740. The van der Waals surface area contributed by atoms with Crippen LogP contribution in [0.2, 0.25) is 0 Å². The number of rotatable bonds is 5. The molecule has 1 aromatic carbocycles. The van der Waals surface area contributed by atoms with Gasteiger partial charge >= 0.3 is 0 Å². The monoisotopic (exact) mass is 277 g/mol. The van der Waals surface area contributed by atoms with Gasteiger partial charge in [-0.15, -0.1) is 0 Å². The molecule has 4 nitrogen and oxygen atoms in total. The fourth-order valence-corrected chi connectivity index (χ4v) is 1.58. The molecule has 0 radical (unpaired) electrons. The fourth-order valence-electron chi connectivity index (χ4n) is 1.58. The third-order valence-electron chi connectivity index (χ3n) is 2.62. The van der Waals surface area contributed by atoms with Gasteiger partial charge < -0.3 is 15.1 Å². The molecule has 1 amide bonds. The Morgan fingerprint density at radius 1 is 1.32 bits per heavy atom. The molecule has 0 bridgehead atoms. The molecule has 0 heterocycles. The Hall–Kier alpha value is -1.76. The first-order valence-corrected chi connectivity index (χ1v) is 5.70. The highest BCUT2D eigenvalue weighted by Crippen LogP contribution is 2.26. The third kappa shape index (κ3) is 3.17. The summed E-state index contributed by atoms with van der Waals surface area (Å²) in [6.45, 7) is 1.81. The van der Waals surface area contributed by atoms with E-state index in [2.05, 4.69) is 0 Å². The lowest BCUT2D eigenvalue weighted by Crippen LogP contribution is -2.33. The highest BCUT2D eigenvalue weighted by molar-refractivity contribution is 5.95. The van der Waals surface area contributed by atoms with Crippen molar-refractivity contribution < 1.29 is 28.2 Å². The van der Waals surface area contributed by atoms with Gasteiger partial charge in [-0.2, -0.15) is 4.39 Å². The normalized spacial score (nSPS) is 10.6. The van der Waals surface area contributed by atoms with Crippen LogP contribution in [0.4, 0.5) is 13.2 Å². The van der Waals surface area contributed by atoms with Crippen LogP contribution in [-0.2, 0) is 0 Å².